The Balaban J connectivity index is 1.53. The molecule has 27 heavy (non-hydrogen) atoms. The van der Waals surface area contributed by atoms with Gasteiger partial charge in [-0.25, -0.2) is 0 Å². The van der Waals surface area contributed by atoms with Crippen LogP contribution in [0.5, 0.6) is 5.75 Å². The van der Waals surface area contributed by atoms with E-state index in [-0.39, 0.29) is 11.8 Å². The van der Waals surface area contributed by atoms with Crippen LogP contribution >= 0.6 is 0 Å². The Morgan fingerprint density at radius 3 is 2.37 bits per heavy atom. The van der Waals surface area contributed by atoms with Crippen molar-refractivity contribution in [2.24, 2.45) is 23.7 Å². The number of hydrazine groups is 1. The Kier molecular flexibility index (Phi) is 5.78. The SMILES string of the molecule is CCCCOc1ccc(C(=O)NNC(=O)[C@@H]2[C@@H](C(=O)O)[C@H]3C=C[C@H]2C3)cc1. The number of hydrogen-bond donors (Lipinski definition) is 3. The van der Waals surface area contributed by atoms with Gasteiger partial charge >= 0.3 is 5.97 Å². The summed E-state index contributed by atoms with van der Waals surface area (Å²) in [5.74, 6) is -2.82. The molecule has 0 spiro atoms. The molecular formula is C20H24N2O5. The maximum absolute atomic E-state index is 12.4. The molecule has 2 aliphatic rings. The number of allylic oxidation sites excluding steroid dienone is 2. The van der Waals surface area contributed by atoms with E-state index in [0.717, 1.165) is 12.8 Å². The topological polar surface area (TPSA) is 105 Å². The van der Waals surface area contributed by atoms with Crippen molar-refractivity contribution in [2.45, 2.75) is 26.2 Å². The number of carboxylic acid groups (broad SMARTS) is 1. The van der Waals surface area contributed by atoms with Gasteiger partial charge in [0.25, 0.3) is 5.91 Å². The fraction of sp³-hybridized carbons (Fsp3) is 0.450. The monoisotopic (exact) mass is 372 g/mol. The van der Waals surface area contributed by atoms with Crippen molar-refractivity contribution in [1.82, 2.24) is 10.9 Å². The van der Waals surface area contributed by atoms with Gasteiger partial charge in [0, 0.05) is 5.56 Å². The van der Waals surface area contributed by atoms with Gasteiger partial charge in [-0.1, -0.05) is 25.5 Å². The highest BCUT2D eigenvalue weighted by Gasteiger charge is 2.51. The smallest absolute Gasteiger partial charge is 0.307 e. The van der Waals surface area contributed by atoms with Crippen molar-refractivity contribution in [3.8, 4) is 5.75 Å². The highest BCUT2D eigenvalue weighted by molar-refractivity contribution is 5.96. The Bertz CT molecular complexity index is 743. The Morgan fingerprint density at radius 2 is 1.74 bits per heavy atom. The maximum atomic E-state index is 12.4. The summed E-state index contributed by atoms with van der Waals surface area (Å²) in [5, 5.41) is 9.40. The molecule has 1 fully saturated rings. The third-order valence-electron chi connectivity index (χ3n) is 5.23. The van der Waals surface area contributed by atoms with Gasteiger partial charge in [-0.2, -0.15) is 0 Å². The lowest BCUT2D eigenvalue weighted by Gasteiger charge is -2.23. The van der Waals surface area contributed by atoms with Crippen LogP contribution in [0.2, 0.25) is 0 Å². The van der Waals surface area contributed by atoms with Crippen molar-refractivity contribution in [2.75, 3.05) is 6.61 Å². The fourth-order valence-corrected chi connectivity index (χ4v) is 3.83. The summed E-state index contributed by atoms with van der Waals surface area (Å²) in [6, 6.07) is 6.63. The normalized spacial score (nSPS) is 25.2. The lowest BCUT2D eigenvalue weighted by molar-refractivity contribution is -0.148. The highest BCUT2D eigenvalue weighted by Crippen LogP contribution is 2.48. The summed E-state index contributed by atoms with van der Waals surface area (Å²) in [7, 11) is 0. The predicted molar refractivity (Wildman–Crippen MR) is 97.8 cm³/mol. The molecular weight excluding hydrogens is 348 g/mol. The molecule has 3 rings (SSSR count). The second-order valence-electron chi connectivity index (χ2n) is 7.01. The van der Waals surface area contributed by atoms with Crippen LogP contribution in [-0.2, 0) is 9.59 Å². The van der Waals surface area contributed by atoms with Crippen LogP contribution in [0.1, 0.15) is 36.5 Å². The van der Waals surface area contributed by atoms with Crippen LogP contribution in [0, 0.1) is 23.7 Å². The number of nitrogens with one attached hydrogen (secondary N) is 2. The number of hydrogen-bond acceptors (Lipinski definition) is 4. The minimum Gasteiger partial charge on any atom is -0.494 e. The van der Waals surface area contributed by atoms with E-state index in [1.807, 2.05) is 12.2 Å². The molecule has 0 aromatic heterocycles. The summed E-state index contributed by atoms with van der Waals surface area (Å²) >= 11 is 0. The van der Waals surface area contributed by atoms with E-state index in [9.17, 15) is 19.5 Å². The number of ether oxygens (including phenoxy) is 1. The molecule has 0 heterocycles. The van der Waals surface area contributed by atoms with E-state index in [1.165, 1.54) is 0 Å². The van der Waals surface area contributed by atoms with Crippen LogP contribution < -0.4 is 15.6 Å². The van der Waals surface area contributed by atoms with E-state index in [4.69, 9.17) is 4.74 Å². The van der Waals surface area contributed by atoms with Crippen LogP contribution in [0.25, 0.3) is 0 Å². The number of carbonyl (C=O) groups excluding carboxylic acids is 2. The summed E-state index contributed by atoms with van der Waals surface area (Å²) in [5.41, 5.74) is 5.13. The first-order valence-electron chi connectivity index (χ1n) is 9.25. The molecule has 2 aliphatic carbocycles. The molecule has 3 N–H and O–H groups in total. The minimum atomic E-state index is -0.975. The second-order valence-corrected chi connectivity index (χ2v) is 7.01. The summed E-state index contributed by atoms with van der Waals surface area (Å²) < 4.78 is 5.55. The summed E-state index contributed by atoms with van der Waals surface area (Å²) in [4.78, 5) is 36.1. The Morgan fingerprint density at radius 1 is 1.07 bits per heavy atom. The number of amides is 2. The zero-order chi connectivity index (χ0) is 19.4. The van der Waals surface area contributed by atoms with Gasteiger partial charge in [-0.05, 0) is 48.9 Å². The van der Waals surface area contributed by atoms with Crippen molar-refractivity contribution >= 4 is 17.8 Å². The number of carboxylic acids is 1. The van der Waals surface area contributed by atoms with Gasteiger partial charge < -0.3 is 9.84 Å². The zero-order valence-electron chi connectivity index (χ0n) is 15.2. The standard InChI is InChI=1S/C20H24N2O5/c1-2-3-10-27-15-8-6-12(7-9-15)18(23)21-22-19(24)16-13-4-5-14(11-13)17(16)20(25)26/h4-9,13-14,16-17H,2-3,10-11H2,1H3,(H,21,23)(H,22,24)(H,25,26)/t13-,14-,16-,17-/m0/s1. The third kappa shape index (κ3) is 4.13. The van der Waals surface area contributed by atoms with E-state index < -0.39 is 29.6 Å². The molecule has 7 heteroatoms. The van der Waals surface area contributed by atoms with Crippen LogP contribution in [0.15, 0.2) is 36.4 Å². The molecule has 0 saturated heterocycles. The number of carbonyl (C=O) groups is 3. The van der Waals surface area contributed by atoms with Crippen molar-refractivity contribution in [1.29, 1.82) is 0 Å². The molecule has 1 saturated carbocycles. The van der Waals surface area contributed by atoms with Crippen LogP contribution in [0.4, 0.5) is 0 Å². The van der Waals surface area contributed by atoms with E-state index >= 15 is 0 Å². The summed E-state index contributed by atoms with van der Waals surface area (Å²) in [6.45, 7) is 2.71. The van der Waals surface area contributed by atoms with Crippen molar-refractivity contribution in [3.63, 3.8) is 0 Å². The average molecular weight is 372 g/mol. The highest BCUT2D eigenvalue weighted by atomic mass is 16.5. The molecule has 0 aliphatic heterocycles. The first-order chi connectivity index (χ1) is 13.0. The van der Waals surface area contributed by atoms with Crippen molar-refractivity contribution < 1.29 is 24.2 Å². The Hall–Kier alpha value is -2.83. The Labute approximate surface area is 157 Å². The first kappa shape index (κ1) is 18.9. The molecule has 7 nitrogen and oxygen atoms in total. The third-order valence-corrected chi connectivity index (χ3v) is 5.23. The first-order valence-corrected chi connectivity index (χ1v) is 9.25. The number of aliphatic carboxylic acids is 1. The maximum Gasteiger partial charge on any atom is 0.307 e. The lowest BCUT2D eigenvalue weighted by Crippen LogP contribution is -2.48. The van der Waals surface area contributed by atoms with Gasteiger partial charge in [0.05, 0.1) is 18.4 Å². The molecule has 0 radical (unpaired) electrons. The number of fused-ring (bicyclic) bond motifs is 2. The molecule has 144 valence electrons. The van der Waals surface area contributed by atoms with Crippen molar-refractivity contribution in [3.05, 3.63) is 42.0 Å². The molecule has 0 unspecified atom stereocenters. The largest absolute Gasteiger partial charge is 0.494 e. The van der Waals surface area contributed by atoms with Crippen LogP contribution in [-0.4, -0.2) is 29.5 Å². The van der Waals surface area contributed by atoms with Gasteiger partial charge in [0.1, 0.15) is 5.75 Å². The van der Waals surface area contributed by atoms with E-state index in [0.29, 0.717) is 24.3 Å². The molecule has 2 amide bonds. The molecule has 1 aromatic carbocycles. The average Bonchev–Trinajstić information content (AvgIpc) is 3.28. The number of rotatable bonds is 7. The van der Waals surface area contributed by atoms with Gasteiger partial charge in [0.2, 0.25) is 5.91 Å². The van der Waals surface area contributed by atoms with Crippen LogP contribution in [0.3, 0.4) is 0 Å². The minimum absolute atomic E-state index is 0.0902. The predicted octanol–water partition coefficient (Wildman–Crippen LogP) is 2.15. The second kappa shape index (κ2) is 8.24. The van der Waals surface area contributed by atoms with E-state index in [2.05, 4.69) is 17.8 Å². The fourth-order valence-electron chi connectivity index (χ4n) is 3.83. The number of benzene rings is 1. The quantitative estimate of drug-likeness (QED) is 0.386. The van der Waals surface area contributed by atoms with Gasteiger partial charge in [0.15, 0.2) is 0 Å². The van der Waals surface area contributed by atoms with Gasteiger partial charge in [-0.3, -0.25) is 25.2 Å². The molecule has 1 aromatic rings. The number of unbranched alkanes of at least 4 members (excludes halogenated alkanes) is 1. The summed E-state index contributed by atoms with van der Waals surface area (Å²) in [6.07, 6.45) is 6.44. The van der Waals surface area contributed by atoms with Gasteiger partial charge in [-0.15, -0.1) is 0 Å². The zero-order valence-corrected chi connectivity index (χ0v) is 15.2. The molecule has 4 atom stereocenters. The lowest BCUT2D eigenvalue weighted by atomic mass is 9.82. The molecule has 2 bridgehead atoms. The van der Waals surface area contributed by atoms with E-state index in [1.54, 1.807) is 24.3 Å².